The minimum absolute atomic E-state index is 0.425. The molecule has 25 heavy (non-hydrogen) atoms. The number of aromatic nitrogens is 2. The molecule has 0 aromatic carbocycles. The van der Waals surface area contributed by atoms with Crippen molar-refractivity contribution in [1.82, 2.24) is 9.97 Å². The van der Waals surface area contributed by atoms with E-state index in [1.165, 1.54) is 51.4 Å². The predicted octanol–water partition coefficient (Wildman–Crippen LogP) is 3.93. The van der Waals surface area contributed by atoms with E-state index in [0.717, 1.165) is 24.0 Å². The average molecular weight is 345 g/mol. The number of carbonyl (C=O) groups is 1. The standard InChI is InChI=1S/C20H32N4O/c1-3-14-7-9-16(10-8-14)23-20-22-12-17(19(21)25)18(24-20)11-13(2)15-5-4-6-15/h12-16H,3-11H2,1-2H3,(H2,21,25)(H,22,23,24)/t13-,14?,16?/m1/s1. The number of hydrogen-bond acceptors (Lipinski definition) is 4. The minimum Gasteiger partial charge on any atom is -0.365 e. The van der Waals surface area contributed by atoms with Crippen molar-refractivity contribution in [3.8, 4) is 0 Å². The summed E-state index contributed by atoms with van der Waals surface area (Å²) in [6, 6.07) is 0.444. The normalized spacial score (nSPS) is 25.2. The van der Waals surface area contributed by atoms with Gasteiger partial charge in [0, 0.05) is 12.2 Å². The van der Waals surface area contributed by atoms with Crippen molar-refractivity contribution in [2.45, 2.75) is 77.7 Å². The Labute approximate surface area is 151 Å². The summed E-state index contributed by atoms with van der Waals surface area (Å²) >= 11 is 0. The second-order valence-corrected chi connectivity index (χ2v) is 8.06. The van der Waals surface area contributed by atoms with Gasteiger partial charge in [-0.2, -0.15) is 0 Å². The van der Waals surface area contributed by atoms with Crippen LogP contribution in [-0.2, 0) is 6.42 Å². The van der Waals surface area contributed by atoms with E-state index in [1.807, 2.05) is 0 Å². The molecule has 0 spiro atoms. The average Bonchev–Trinajstić information content (AvgIpc) is 2.54. The maximum absolute atomic E-state index is 11.7. The van der Waals surface area contributed by atoms with Gasteiger partial charge in [0.1, 0.15) is 0 Å². The first-order valence-corrected chi connectivity index (χ1v) is 9.99. The molecule has 1 atom stereocenters. The molecule has 138 valence electrons. The van der Waals surface area contributed by atoms with E-state index in [-0.39, 0.29) is 0 Å². The Balaban J connectivity index is 1.68. The Morgan fingerprint density at radius 2 is 2.00 bits per heavy atom. The van der Waals surface area contributed by atoms with Crippen molar-refractivity contribution < 1.29 is 4.79 Å². The van der Waals surface area contributed by atoms with E-state index in [2.05, 4.69) is 29.1 Å². The number of amides is 1. The van der Waals surface area contributed by atoms with Gasteiger partial charge >= 0.3 is 0 Å². The van der Waals surface area contributed by atoms with Gasteiger partial charge in [0.25, 0.3) is 5.91 Å². The van der Waals surface area contributed by atoms with Crippen molar-refractivity contribution >= 4 is 11.9 Å². The summed E-state index contributed by atoms with van der Waals surface area (Å²) < 4.78 is 0. The topological polar surface area (TPSA) is 80.9 Å². The maximum Gasteiger partial charge on any atom is 0.252 e. The molecule has 5 nitrogen and oxygen atoms in total. The van der Waals surface area contributed by atoms with Gasteiger partial charge < -0.3 is 11.1 Å². The Morgan fingerprint density at radius 1 is 1.28 bits per heavy atom. The molecule has 0 saturated heterocycles. The summed E-state index contributed by atoms with van der Waals surface area (Å²) in [5, 5.41) is 3.49. The van der Waals surface area contributed by atoms with Gasteiger partial charge in [0.15, 0.2) is 0 Å². The third kappa shape index (κ3) is 4.50. The van der Waals surface area contributed by atoms with Crippen molar-refractivity contribution in [2.24, 2.45) is 23.5 Å². The van der Waals surface area contributed by atoms with Gasteiger partial charge in [0.2, 0.25) is 5.95 Å². The molecule has 2 saturated carbocycles. The maximum atomic E-state index is 11.7. The number of primary amides is 1. The van der Waals surface area contributed by atoms with Gasteiger partial charge in [-0.05, 0) is 49.9 Å². The SMILES string of the molecule is CCC1CCC(Nc2ncc(C(N)=O)c(C[C@@H](C)C3CCC3)n2)CC1. The molecule has 1 aromatic heterocycles. The Morgan fingerprint density at radius 3 is 2.56 bits per heavy atom. The number of anilines is 1. The quantitative estimate of drug-likeness (QED) is 0.785. The highest BCUT2D eigenvalue weighted by Crippen LogP contribution is 2.35. The molecule has 3 rings (SSSR count). The number of carbonyl (C=O) groups excluding carboxylic acids is 1. The van der Waals surface area contributed by atoms with Crippen molar-refractivity contribution in [1.29, 1.82) is 0 Å². The van der Waals surface area contributed by atoms with Gasteiger partial charge in [-0.1, -0.05) is 39.5 Å². The monoisotopic (exact) mass is 344 g/mol. The first-order chi connectivity index (χ1) is 12.1. The van der Waals surface area contributed by atoms with Crippen LogP contribution in [0.2, 0.25) is 0 Å². The fourth-order valence-corrected chi connectivity index (χ4v) is 4.23. The van der Waals surface area contributed by atoms with E-state index < -0.39 is 5.91 Å². The molecule has 0 unspecified atom stereocenters. The van der Waals surface area contributed by atoms with Crippen LogP contribution in [0.1, 0.15) is 81.3 Å². The van der Waals surface area contributed by atoms with E-state index in [0.29, 0.717) is 23.5 Å². The summed E-state index contributed by atoms with van der Waals surface area (Å²) in [5.74, 6) is 2.40. The highest BCUT2D eigenvalue weighted by atomic mass is 16.1. The Kier molecular flexibility index (Phi) is 5.92. The zero-order chi connectivity index (χ0) is 17.8. The molecule has 3 N–H and O–H groups in total. The van der Waals surface area contributed by atoms with Crippen LogP contribution in [0.15, 0.2) is 6.20 Å². The second-order valence-electron chi connectivity index (χ2n) is 8.06. The molecule has 5 heteroatoms. The molecule has 0 aliphatic heterocycles. The van der Waals surface area contributed by atoms with E-state index in [9.17, 15) is 4.79 Å². The molecule has 2 fully saturated rings. The van der Waals surface area contributed by atoms with Gasteiger partial charge in [0.05, 0.1) is 11.3 Å². The Bertz CT molecular complexity index is 591. The summed E-state index contributed by atoms with van der Waals surface area (Å²) in [7, 11) is 0. The van der Waals surface area contributed by atoms with Crippen LogP contribution in [0.3, 0.4) is 0 Å². The van der Waals surface area contributed by atoms with Crippen molar-refractivity contribution in [2.75, 3.05) is 5.32 Å². The van der Waals surface area contributed by atoms with E-state index >= 15 is 0 Å². The molecule has 1 aromatic rings. The van der Waals surface area contributed by atoms with Crippen LogP contribution in [0.25, 0.3) is 0 Å². The third-order valence-electron chi connectivity index (χ3n) is 6.36. The van der Waals surface area contributed by atoms with Crippen molar-refractivity contribution in [3.05, 3.63) is 17.5 Å². The lowest BCUT2D eigenvalue weighted by Gasteiger charge is -2.31. The lowest BCUT2D eigenvalue weighted by Crippen LogP contribution is -2.28. The van der Waals surface area contributed by atoms with Gasteiger partial charge in [-0.3, -0.25) is 4.79 Å². The fraction of sp³-hybridized carbons (Fsp3) is 0.750. The number of rotatable bonds is 7. The fourth-order valence-electron chi connectivity index (χ4n) is 4.23. The van der Waals surface area contributed by atoms with Crippen LogP contribution >= 0.6 is 0 Å². The molecular formula is C20H32N4O. The zero-order valence-electron chi connectivity index (χ0n) is 15.6. The van der Waals surface area contributed by atoms with Crippen LogP contribution in [-0.4, -0.2) is 21.9 Å². The molecule has 2 aliphatic rings. The third-order valence-corrected chi connectivity index (χ3v) is 6.36. The zero-order valence-corrected chi connectivity index (χ0v) is 15.6. The highest BCUT2D eigenvalue weighted by molar-refractivity contribution is 5.93. The first-order valence-electron chi connectivity index (χ1n) is 9.99. The molecule has 1 heterocycles. The Hall–Kier alpha value is -1.65. The van der Waals surface area contributed by atoms with Crippen LogP contribution in [0.4, 0.5) is 5.95 Å². The predicted molar refractivity (Wildman–Crippen MR) is 100 cm³/mol. The minimum atomic E-state index is -0.425. The van der Waals surface area contributed by atoms with Crippen LogP contribution in [0.5, 0.6) is 0 Å². The summed E-state index contributed by atoms with van der Waals surface area (Å²) in [5.41, 5.74) is 6.83. The summed E-state index contributed by atoms with van der Waals surface area (Å²) in [6.07, 6.45) is 12.5. The highest BCUT2D eigenvalue weighted by Gasteiger charge is 2.26. The smallest absolute Gasteiger partial charge is 0.252 e. The summed E-state index contributed by atoms with van der Waals surface area (Å²) in [6.45, 7) is 4.54. The lowest BCUT2D eigenvalue weighted by molar-refractivity contribution is 0.0998. The molecule has 0 bridgehead atoms. The molecule has 2 aliphatic carbocycles. The lowest BCUT2D eigenvalue weighted by atomic mass is 9.75. The van der Waals surface area contributed by atoms with E-state index in [1.54, 1.807) is 6.20 Å². The second kappa shape index (κ2) is 8.15. The first kappa shape index (κ1) is 18.2. The molecule has 0 radical (unpaired) electrons. The number of nitrogens with one attached hydrogen (secondary N) is 1. The van der Waals surface area contributed by atoms with Gasteiger partial charge in [-0.25, -0.2) is 9.97 Å². The van der Waals surface area contributed by atoms with E-state index in [4.69, 9.17) is 5.73 Å². The molecule has 1 amide bonds. The molecular weight excluding hydrogens is 312 g/mol. The van der Waals surface area contributed by atoms with Gasteiger partial charge in [-0.15, -0.1) is 0 Å². The summed E-state index contributed by atoms with van der Waals surface area (Å²) in [4.78, 5) is 20.8. The van der Waals surface area contributed by atoms with Crippen LogP contribution < -0.4 is 11.1 Å². The van der Waals surface area contributed by atoms with Crippen LogP contribution in [0, 0.1) is 17.8 Å². The number of nitrogens with two attached hydrogens (primary N) is 1. The largest absolute Gasteiger partial charge is 0.365 e. The van der Waals surface area contributed by atoms with Crippen molar-refractivity contribution in [3.63, 3.8) is 0 Å². The number of nitrogens with zero attached hydrogens (tertiary/aromatic N) is 2. The number of hydrogen-bond donors (Lipinski definition) is 2.